The van der Waals surface area contributed by atoms with Gasteiger partial charge in [0.2, 0.25) is 0 Å². The number of fused-ring (bicyclic) bond motifs is 4. The van der Waals surface area contributed by atoms with Gasteiger partial charge < -0.3 is 9.88 Å². The summed E-state index contributed by atoms with van der Waals surface area (Å²) in [5, 5.41) is 12.6. The molecular weight excluding hydrogens is 202 g/mol. The van der Waals surface area contributed by atoms with Crippen LogP contribution in [0, 0.1) is 16.7 Å². The lowest BCUT2D eigenvalue weighted by Gasteiger charge is -2.42. The number of aromatic nitrogens is 1. The predicted octanol–water partition coefficient (Wildman–Crippen LogP) is 0.449. The summed E-state index contributed by atoms with van der Waals surface area (Å²) in [4.78, 5) is 11.8. The Kier molecular flexibility index (Phi) is 1.92. The Morgan fingerprint density at radius 2 is 2.44 bits per heavy atom. The van der Waals surface area contributed by atoms with Crippen LogP contribution in [0.15, 0.2) is 23.0 Å². The van der Waals surface area contributed by atoms with E-state index in [1.54, 1.807) is 10.6 Å². The van der Waals surface area contributed by atoms with Crippen molar-refractivity contribution in [1.82, 2.24) is 9.88 Å². The summed E-state index contributed by atoms with van der Waals surface area (Å²) in [6, 6.07) is 7.78. The largest absolute Gasteiger partial charge is 0.314 e. The van der Waals surface area contributed by atoms with E-state index in [9.17, 15) is 10.1 Å². The van der Waals surface area contributed by atoms with Crippen LogP contribution < -0.4 is 10.9 Å². The van der Waals surface area contributed by atoms with Gasteiger partial charge in [0, 0.05) is 37.3 Å². The highest BCUT2D eigenvalue weighted by Crippen LogP contribution is 2.39. The zero-order valence-electron chi connectivity index (χ0n) is 8.94. The van der Waals surface area contributed by atoms with Crippen molar-refractivity contribution >= 4 is 0 Å². The molecule has 4 nitrogen and oxygen atoms in total. The summed E-state index contributed by atoms with van der Waals surface area (Å²) < 4.78 is 1.78. The fourth-order valence-electron chi connectivity index (χ4n) is 2.92. The second-order valence-electron chi connectivity index (χ2n) is 4.80. The first-order valence-corrected chi connectivity index (χ1v) is 5.56. The van der Waals surface area contributed by atoms with Crippen LogP contribution in [0.3, 0.4) is 0 Å². The van der Waals surface area contributed by atoms with Crippen molar-refractivity contribution in [2.75, 3.05) is 13.1 Å². The van der Waals surface area contributed by atoms with E-state index < -0.39 is 0 Å². The highest BCUT2D eigenvalue weighted by Gasteiger charge is 2.42. The van der Waals surface area contributed by atoms with Crippen molar-refractivity contribution in [1.29, 1.82) is 5.26 Å². The molecule has 1 saturated heterocycles. The minimum absolute atomic E-state index is 0.0173. The minimum Gasteiger partial charge on any atom is -0.314 e. The number of piperidine rings is 1. The first kappa shape index (κ1) is 9.61. The third-order valence-corrected chi connectivity index (χ3v) is 3.69. The SMILES string of the molecule is N#C[C@@]12CNC[C@@H](C1)c1cccc(=O)n1C2. The van der Waals surface area contributed by atoms with Crippen LogP contribution >= 0.6 is 0 Å². The van der Waals surface area contributed by atoms with Crippen LogP contribution in [0.2, 0.25) is 0 Å². The summed E-state index contributed by atoms with van der Waals surface area (Å²) in [5.41, 5.74) is 0.704. The molecule has 1 aromatic heterocycles. The van der Waals surface area contributed by atoms with Gasteiger partial charge in [0.25, 0.3) is 5.56 Å². The lowest BCUT2D eigenvalue weighted by atomic mass is 9.73. The minimum atomic E-state index is -0.388. The molecule has 3 heterocycles. The summed E-state index contributed by atoms with van der Waals surface area (Å²) in [5.74, 6) is 0.302. The molecule has 3 rings (SSSR count). The number of hydrogen-bond acceptors (Lipinski definition) is 3. The Balaban J connectivity index is 2.18. The van der Waals surface area contributed by atoms with E-state index in [4.69, 9.17) is 0 Å². The highest BCUT2D eigenvalue weighted by molar-refractivity contribution is 5.22. The van der Waals surface area contributed by atoms with Gasteiger partial charge in [-0.2, -0.15) is 5.26 Å². The van der Waals surface area contributed by atoms with E-state index in [0.29, 0.717) is 19.0 Å². The topological polar surface area (TPSA) is 57.8 Å². The Morgan fingerprint density at radius 3 is 3.25 bits per heavy atom. The molecule has 1 N–H and O–H groups in total. The van der Waals surface area contributed by atoms with Gasteiger partial charge in [-0.25, -0.2) is 0 Å². The van der Waals surface area contributed by atoms with Gasteiger partial charge >= 0.3 is 0 Å². The average molecular weight is 215 g/mol. The molecule has 1 fully saturated rings. The van der Waals surface area contributed by atoms with E-state index >= 15 is 0 Å². The molecule has 0 aromatic carbocycles. The quantitative estimate of drug-likeness (QED) is 0.683. The molecule has 2 aliphatic rings. The van der Waals surface area contributed by atoms with E-state index in [0.717, 1.165) is 18.7 Å². The zero-order valence-corrected chi connectivity index (χ0v) is 8.94. The van der Waals surface area contributed by atoms with Gasteiger partial charge in [-0.05, 0) is 12.5 Å². The average Bonchev–Trinajstić information content (AvgIpc) is 2.31. The molecule has 0 radical (unpaired) electrons. The second kappa shape index (κ2) is 3.19. The van der Waals surface area contributed by atoms with Crippen LogP contribution in [0.25, 0.3) is 0 Å². The third kappa shape index (κ3) is 1.22. The highest BCUT2D eigenvalue weighted by atomic mass is 16.1. The van der Waals surface area contributed by atoms with E-state index in [-0.39, 0.29) is 11.0 Å². The third-order valence-electron chi connectivity index (χ3n) is 3.69. The molecule has 2 atom stereocenters. The number of nitrogens with zero attached hydrogens (tertiary/aromatic N) is 2. The fourth-order valence-corrected chi connectivity index (χ4v) is 2.92. The monoisotopic (exact) mass is 215 g/mol. The van der Waals surface area contributed by atoms with Crippen molar-refractivity contribution in [3.05, 3.63) is 34.2 Å². The van der Waals surface area contributed by atoms with Crippen molar-refractivity contribution < 1.29 is 0 Å². The number of pyridine rings is 1. The maximum absolute atomic E-state index is 11.8. The first-order chi connectivity index (χ1) is 7.74. The van der Waals surface area contributed by atoms with Gasteiger partial charge in [0.05, 0.1) is 11.5 Å². The molecule has 2 bridgehead atoms. The predicted molar refractivity (Wildman–Crippen MR) is 59.0 cm³/mol. The summed E-state index contributed by atoms with van der Waals surface area (Å²) in [6.45, 7) is 2.09. The summed E-state index contributed by atoms with van der Waals surface area (Å²) in [6.07, 6.45) is 0.875. The molecule has 2 aliphatic heterocycles. The smallest absolute Gasteiger partial charge is 0.250 e. The summed E-state index contributed by atoms with van der Waals surface area (Å²) in [7, 11) is 0. The van der Waals surface area contributed by atoms with Crippen molar-refractivity contribution in [3.63, 3.8) is 0 Å². The van der Waals surface area contributed by atoms with Crippen molar-refractivity contribution in [2.45, 2.75) is 18.9 Å². The molecule has 0 saturated carbocycles. The number of nitrogens with one attached hydrogen (secondary N) is 1. The maximum atomic E-state index is 11.8. The molecule has 82 valence electrons. The Morgan fingerprint density at radius 1 is 1.56 bits per heavy atom. The molecule has 0 aliphatic carbocycles. The molecule has 0 unspecified atom stereocenters. The lowest BCUT2D eigenvalue weighted by Crippen LogP contribution is -2.51. The summed E-state index contributed by atoms with van der Waals surface area (Å²) >= 11 is 0. The van der Waals surface area contributed by atoms with Gasteiger partial charge in [-0.3, -0.25) is 4.79 Å². The van der Waals surface area contributed by atoms with Crippen molar-refractivity contribution in [3.8, 4) is 6.07 Å². The Hall–Kier alpha value is -1.60. The van der Waals surface area contributed by atoms with Crippen LogP contribution in [-0.2, 0) is 6.54 Å². The van der Waals surface area contributed by atoms with Crippen LogP contribution in [0.5, 0.6) is 0 Å². The molecule has 0 spiro atoms. The molecule has 0 amide bonds. The molecule has 1 aromatic rings. The van der Waals surface area contributed by atoms with E-state index in [2.05, 4.69) is 11.4 Å². The van der Waals surface area contributed by atoms with Crippen molar-refractivity contribution in [2.24, 2.45) is 5.41 Å². The van der Waals surface area contributed by atoms with E-state index in [1.807, 2.05) is 12.1 Å². The number of hydrogen-bond donors (Lipinski definition) is 1. The second-order valence-corrected chi connectivity index (χ2v) is 4.80. The zero-order chi connectivity index (χ0) is 11.2. The van der Waals surface area contributed by atoms with E-state index in [1.165, 1.54) is 0 Å². The van der Waals surface area contributed by atoms with Crippen LogP contribution in [0.1, 0.15) is 18.0 Å². The van der Waals surface area contributed by atoms with Crippen LogP contribution in [0.4, 0.5) is 0 Å². The number of rotatable bonds is 0. The molecule has 16 heavy (non-hydrogen) atoms. The van der Waals surface area contributed by atoms with Crippen LogP contribution in [-0.4, -0.2) is 17.7 Å². The van der Waals surface area contributed by atoms with Gasteiger partial charge in [0.1, 0.15) is 0 Å². The van der Waals surface area contributed by atoms with Gasteiger partial charge in [-0.15, -0.1) is 0 Å². The normalized spacial score (nSPS) is 31.6. The maximum Gasteiger partial charge on any atom is 0.250 e. The Labute approximate surface area is 93.5 Å². The molecular formula is C12H13N3O. The van der Waals surface area contributed by atoms with Gasteiger partial charge in [0.15, 0.2) is 0 Å². The van der Waals surface area contributed by atoms with Gasteiger partial charge in [-0.1, -0.05) is 6.07 Å². The standard InChI is InChI=1S/C12H13N3O/c13-6-12-4-9(5-14-7-12)10-2-1-3-11(16)15(10)8-12/h1-3,9,14H,4-5,7-8H2/t9-,12-/m1/s1. The fraction of sp³-hybridized carbons (Fsp3) is 0.500. The first-order valence-electron chi connectivity index (χ1n) is 5.56. The number of nitriles is 1. The molecule has 4 heteroatoms. The Bertz CT molecular complexity index is 528. The lowest BCUT2D eigenvalue weighted by molar-refractivity contribution is 0.186.